The lowest BCUT2D eigenvalue weighted by Crippen LogP contribution is -2.28. The summed E-state index contributed by atoms with van der Waals surface area (Å²) in [5.41, 5.74) is 2.09. The van der Waals surface area contributed by atoms with Gasteiger partial charge < -0.3 is 10.1 Å². The fourth-order valence-electron chi connectivity index (χ4n) is 1.96. The Morgan fingerprint density at radius 1 is 1.32 bits per heavy atom. The lowest BCUT2D eigenvalue weighted by Gasteiger charge is -2.08. The molecule has 1 aromatic heterocycles. The molecule has 0 radical (unpaired) electrons. The summed E-state index contributed by atoms with van der Waals surface area (Å²) in [4.78, 5) is 16.3. The molecular formula is C17H22N2O2S. The minimum Gasteiger partial charge on any atom is -0.377 e. The maximum absolute atomic E-state index is 11.7. The van der Waals surface area contributed by atoms with Crippen molar-refractivity contribution in [2.75, 3.05) is 13.2 Å². The van der Waals surface area contributed by atoms with E-state index in [4.69, 9.17) is 4.74 Å². The highest BCUT2D eigenvalue weighted by atomic mass is 32.1. The Balaban J connectivity index is 1.73. The number of aromatic nitrogens is 1. The number of hydrogen-bond acceptors (Lipinski definition) is 4. The van der Waals surface area contributed by atoms with Crippen LogP contribution in [0, 0.1) is 0 Å². The Morgan fingerprint density at radius 3 is 2.82 bits per heavy atom. The summed E-state index contributed by atoms with van der Waals surface area (Å²) in [5.74, 6) is 0.0452. The molecule has 1 heterocycles. The molecule has 0 aliphatic heterocycles. The van der Waals surface area contributed by atoms with E-state index in [2.05, 4.69) is 10.3 Å². The van der Waals surface area contributed by atoms with Gasteiger partial charge in [-0.3, -0.25) is 4.79 Å². The average Bonchev–Trinajstić information content (AvgIpc) is 2.99. The fourth-order valence-corrected chi connectivity index (χ4v) is 2.77. The lowest BCUT2D eigenvalue weighted by molar-refractivity contribution is -0.121. The van der Waals surface area contributed by atoms with Crippen LogP contribution < -0.4 is 5.32 Å². The van der Waals surface area contributed by atoms with E-state index in [0.717, 1.165) is 16.3 Å². The van der Waals surface area contributed by atoms with Gasteiger partial charge in [0.05, 0.1) is 23.4 Å². The first kappa shape index (κ1) is 16.6. The minimum absolute atomic E-state index is 0.0452. The molecular weight excluding hydrogens is 296 g/mol. The van der Waals surface area contributed by atoms with Gasteiger partial charge in [-0.1, -0.05) is 30.3 Å². The van der Waals surface area contributed by atoms with E-state index in [1.54, 1.807) is 11.3 Å². The number of carbonyl (C=O) groups excluding carboxylic acids is 1. The van der Waals surface area contributed by atoms with Crippen LogP contribution in [0.2, 0.25) is 0 Å². The highest BCUT2D eigenvalue weighted by molar-refractivity contribution is 7.09. The molecule has 4 nitrogen and oxygen atoms in total. The van der Waals surface area contributed by atoms with E-state index in [9.17, 15) is 4.79 Å². The maximum Gasteiger partial charge on any atom is 0.220 e. The smallest absolute Gasteiger partial charge is 0.220 e. The number of nitrogens with zero attached hydrogens (tertiary/aromatic N) is 1. The molecule has 0 atom stereocenters. The number of hydrogen-bond donors (Lipinski definition) is 1. The summed E-state index contributed by atoms with van der Waals surface area (Å²) in [6.45, 7) is 5.08. The number of thiazole rings is 1. The summed E-state index contributed by atoms with van der Waals surface area (Å²) in [6.07, 6.45) is 1.33. The van der Waals surface area contributed by atoms with E-state index < -0.39 is 0 Å². The Hall–Kier alpha value is -1.72. The van der Waals surface area contributed by atoms with Crippen molar-refractivity contribution in [3.05, 3.63) is 40.7 Å². The monoisotopic (exact) mass is 318 g/mol. The molecule has 2 aromatic rings. The zero-order chi connectivity index (χ0) is 15.8. The zero-order valence-corrected chi connectivity index (χ0v) is 13.9. The average molecular weight is 318 g/mol. The van der Waals surface area contributed by atoms with Crippen molar-refractivity contribution in [2.45, 2.75) is 32.8 Å². The fraction of sp³-hybridized carbons (Fsp3) is 0.412. The standard InChI is InChI=1S/C17H22N2O2S/c1-13(2)21-11-10-18-16(20)8-9-17-19-15(12-22-17)14-6-4-3-5-7-14/h3-7,12-13H,8-11H2,1-2H3,(H,18,20). The van der Waals surface area contributed by atoms with Gasteiger partial charge in [-0.15, -0.1) is 11.3 Å². The van der Waals surface area contributed by atoms with E-state index in [-0.39, 0.29) is 12.0 Å². The molecule has 1 N–H and O–H groups in total. The Morgan fingerprint density at radius 2 is 2.09 bits per heavy atom. The molecule has 1 amide bonds. The number of ether oxygens (including phenoxy) is 1. The van der Waals surface area contributed by atoms with Crippen LogP contribution in [0.4, 0.5) is 0 Å². The molecule has 22 heavy (non-hydrogen) atoms. The van der Waals surface area contributed by atoms with Crippen molar-refractivity contribution in [1.29, 1.82) is 0 Å². The molecule has 0 fully saturated rings. The van der Waals surface area contributed by atoms with Crippen LogP contribution in [0.5, 0.6) is 0 Å². The topological polar surface area (TPSA) is 51.2 Å². The quantitative estimate of drug-likeness (QED) is 0.760. The number of nitrogens with one attached hydrogen (secondary N) is 1. The Kier molecular flexibility index (Phi) is 6.55. The van der Waals surface area contributed by atoms with Crippen LogP contribution in [0.3, 0.4) is 0 Å². The molecule has 1 aromatic carbocycles. The van der Waals surface area contributed by atoms with E-state index >= 15 is 0 Å². The summed E-state index contributed by atoms with van der Waals surface area (Å²) in [7, 11) is 0. The molecule has 0 aliphatic carbocycles. The molecule has 0 unspecified atom stereocenters. The highest BCUT2D eigenvalue weighted by Gasteiger charge is 2.07. The first-order valence-corrected chi connectivity index (χ1v) is 8.41. The van der Waals surface area contributed by atoms with Crippen LogP contribution >= 0.6 is 11.3 Å². The third kappa shape index (κ3) is 5.58. The zero-order valence-electron chi connectivity index (χ0n) is 13.0. The Bertz CT molecular complexity index is 581. The normalized spacial score (nSPS) is 10.9. The van der Waals surface area contributed by atoms with Crippen LogP contribution in [-0.2, 0) is 16.0 Å². The van der Waals surface area contributed by atoms with Crippen molar-refractivity contribution in [3.63, 3.8) is 0 Å². The third-order valence-electron chi connectivity index (χ3n) is 3.06. The second-order valence-electron chi connectivity index (χ2n) is 5.26. The summed E-state index contributed by atoms with van der Waals surface area (Å²) >= 11 is 1.60. The van der Waals surface area contributed by atoms with Gasteiger partial charge in [0.1, 0.15) is 0 Å². The summed E-state index contributed by atoms with van der Waals surface area (Å²) < 4.78 is 5.38. The van der Waals surface area contributed by atoms with Gasteiger partial charge in [-0.25, -0.2) is 4.98 Å². The molecule has 0 bridgehead atoms. The highest BCUT2D eigenvalue weighted by Crippen LogP contribution is 2.22. The molecule has 0 saturated carbocycles. The SMILES string of the molecule is CC(C)OCCNC(=O)CCc1nc(-c2ccccc2)cs1. The van der Waals surface area contributed by atoms with Crippen LogP contribution in [0.25, 0.3) is 11.3 Å². The summed E-state index contributed by atoms with van der Waals surface area (Å²) in [6, 6.07) is 10.1. The van der Waals surface area contributed by atoms with Crippen molar-refractivity contribution in [2.24, 2.45) is 0 Å². The van der Waals surface area contributed by atoms with Crippen LogP contribution in [0.15, 0.2) is 35.7 Å². The predicted molar refractivity (Wildman–Crippen MR) is 90.0 cm³/mol. The van der Waals surface area contributed by atoms with Crippen molar-refractivity contribution in [1.82, 2.24) is 10.3 Å². The minimum atomic E-state index is 0.0452. The number of carbonyl (C=O) groups is 1. The molecule has 2 rings (SSSR count). The second kappa shape index (κ2) is 8.66. The molecule has 5 heteroatoms. The second-order valence-corrected chi connectivity index (χ2v) is 6.20. The number of aryl methyl sites for hydroxylation is 1. The lowest BCUT2D eigenvalue weighted by atomic mass is 10.2. The number of rotatable bonds is 8. The van der Waals surface area contributed by atoms with Gasteiger partial charge in [-0.2, -0.15) is 0 Å². The van der Waals surface area contributed by atoms with Crippen molar-refractivity contribution < 1.29 is 9.53 Å². The van der Waals surface area contributed by atoms with Gasteiger partial charge in [0.2, 0.25) is 5.91 Å². The first-order chi connectivity index (χ1) is 10.6. The largest absolute Gasteiger partial charge is 0.377 e. The van der Waals surface area contributed by atoms with Gasteiger partial charge in [-0.05, 0) is 13.8 Å². The first-order valence-electron chi connectivity index (χ1n) is 7.53. The molecule has 0 aliphatic rings. The van der Waals surface area contributed by atoms with E-state index in [1.165, 1.54) is 0 Å². The molecule has 0 spiro atoms. The predicted octanol–water partition coefficient (Wildman–Crippen LogP) is 3.28. The molecule has 118 valence electrons. The maximum atomic E-state index is 11.7. The number of benzene rings is 1. The molecule has 0 saturated heterocycles. The van der Waals surface area contributed by atoms with Crippen LogP contribution in [0.1, 0.15) is 25.3 Å². The van der Waals surface area contributed by atoms with Crippen LogP contribution in [-0.4, -0.2) is 30.1 Å². The van der Waals surface area contributed by atoms with Gasteiger partial charge in [0.25, 0.3) is 0 Å². The third-order valence-corrected chi connectivity index (χ3v) is 3.97. The van der Waals surface area contributed by atoms with E-state index in [1.807, 2.05) is 49.6 Å². The van der Waals surface area contributed by atoms with Gasteiger partial charge >= 0.3 is 0 Å². The van der Waals surface area contributed by atoms with Crippen molar-refractivity contribution >= 4 is 17.2 Å². The van der Waals surface area contributed by atoms with E-state index in [0.29, 0.717) is 26.0 Å². The summed E-state index contributed by atoms with van der Waals surface area (Å²) in [5, 5.41) is 5.89. The van der Waals surface area contributed by atoms with Gasteiger partial charge in [0, 0.05) is 30.3 Å². The van der Waals surface area contributed by atoms with Crippen molar-refractivity contribution in [3.8, 4) is 11.3 Å². The Labute approximate surface area is 135 Å². The number of amides is 1. The van der Waals surface area contributed by atoms with Gasteiger partial charge in [0.15, 0.2) is 0 Å².